The SMILES string of the molecule is Cc1ccc2n1CCN(C(=O)c1cc(Br)ccc1N)C2C. The van der Waals surface area contributed by atoms with Crippen molar-refractivity contribution in [3.8, 4) is 0 Å². The van der Waals surface area contributed by atoms with Crippen molar-refractivity contribution >= 4 is 27.5 Å². The van der Waals surface area contributed by atoms with Gasteiger partial charge in [0.15, 0.2) is 0 Å². The van der Waals surface area contributed by atoms with Crippen molar-refractivity contribution in [2.75, 3.05) is 12.3 Å². The van der Waals surface area contributed by atoms with Gasteiger partial charge in [0.05, 0.1) is 11.6 Å². The van der Waals surface area contributed by atoms with Crippen LogP contribution < -0.4 is 5.73 Å². The molecule has 0 saturated carbocycles. The summed E-state index contributed by atoms with van der Waals surface area (Å²) in [6.07, 6.45) is 0. The third kappa shape index (κ3) is 2.35. The van der Waals surface area contributed by atoms with E-state index in [1.165, 1.54) is 11.4 Å². The molecule has 110 valence electrons. The van der Waals surface area contributed by atoms with Crippen molar-refractivity contribution in [1.82, 2.24) is 9.47 Å². The fraction of sp³-hybridized carbons (Fsp3) is 0.312. The van der Waals surface area contributed by atoms with Crippen LogP contribution in [0.4, 0.5) is 5.69 Å². The Balaban J connectivity index is 1.95. The molecule has 21 heavy (non-hydrogen) atoms. The smallest absolute Gasteiger partial charge is 0.256 e. The molecule has 1 aliphatic heterocycles. The number of nitrogens with two attached hydrogens (primary N) is 1. The molecule has 1 aliphatic rings. The van der Waals surface area contributed by atoms with Gasteiger partial charge in [-0.05, 0) is 44.2 Å². The van der Waals surface area contributed by atoms with E-state index in [4.69, 9.17) is 5.73 Å². The first-order valence-corrected chi connectivity index (χ1v) is 7.80. The Hall–Kier alpha value is -1.75. The van der Waals surface area contributed by atoms with Crippen LogP contribution in [-0.2, 0) is 6.54 Å². The van der Waals surface area contributed by atoms with Gasteiger partial charge in [-0.15, -0.1) is 0 Å². The summed E-state index contributed by atoms with van der Waals surface area (Å²) < 4.78 is 3.14. The molecule has 1 atom stereocenters. The molecule has 0 saturated heterocycles. The number of halogens is 1. The number of nitrogens with zero attached hydrogens (tertiary/aromatic N) is 2. The first-order chi connectivity index (χ1) is 9.99. The maximum absolute atomic E-state index is 12.8. The summed E-state index contributed by atoms with van der Waals surface area (Å²) in [6, 6.07) is 9.66. The van der Waals surface area contributed by atoms with Crippen LogP contribution in [0.1, 0.15) is 34.7 Å². The highest BCUT2D eigenvalue weighted by atomic mass is 79.9. The zero-order valence-corrected chi connectivity index (χ0v) is 13.7. The van der Waals surface area contributed by atoms with E-state index in [0.29, 0.717) is 17.8 Å². The number of rotatable bonds is 1. The van der Waals surface area contributed by atoms with E-state index in [2.05, 4.69) is 46.5 Å². The van der Waals surface area contributed by atoms with Crippen LogP contribution in [0.15, 0.2) is 34.8 Å². The Kier molecular flexibility index (Phi) is 3.53. The first kappa shape index (κ1) is 14.2. The molecule has 1 amide bonds. The number of anilines is 1. The molecule has 2 aromatic rings. The monoisotopic (exact) mass is 347 g/mol. The molecule has 2 N–H and O–H groups in total. The van der Waals surface area contributed by atoms with E-state index in [0.717, 1.165) is 11.0 Å². The second kappa shape index (κ2) is 5.22. The summed E-state index contributed by atoms with van der Waals surface area (Å²) in [5, 5.41) is 0. The number of hydrogen-bond donors (Lipinski definition) is 1. The van der Waals surface area contributed by atoms with Crippen LogP contribution in [0, 0.1) is 6.92 Å². The lowest BCUT2D eigenvalue weighted by atomic mass is 10.1. The number of aryl methyl sites for hydroxylation is 1. The van der Waals surface area contributed by atoms with Gasteiger partial charge >= 0.3 is 0 Å². The van der Waals surface area contributed by atoms with E-state index >= 15 is 0 Å². The predicted molar refractivity (Wildman–Crippen MR) is 87.2 cm³/mol. The third-order valence-electron chi connectivity index (χ3n) is 4.20. The van der Waals surface area contributed by atoms with Crippen molar-refractivity contribution < 1.29 is 4.79 Å². The molecule has 0 spiro atoms. The van der Waals surface area contributed by atoms with Crippen LogP contribution in [0.3, 0.4) is 0 Å². The highest BCUT2D eigenvalue weighted by molar-refractivity contribution is 9.10. The molecule has 0 radical (unpaired) electrons. The summed E-state index contributed by atoms with van der Waals surface area (Å²) in [5.41, 5.74) is 9.47. The van der Waals surface area contributed by atoms with E-state index in [9.17, 15) is 4.79 Å². The number of carbonyl (C=O) groups is 1. The zero-order chi connectivity index (χ0) is 15.1. The quantitative estimate of drug-likeness (QED) is 0.804. The average molecular weight is 348 g/mol. The van der Waals surface area contributed by atoms with Crippen LogP contribution in [-0.4, -0.2) is 21.9 Å². The molecule has 1 unspecified atom stereocenters. The minimum atomic E-state index is -0.00796. The summed E-state index contributed by atoms with van der Waals surface area (Å²) in [7, 11) is 0. The highest BCUT2D eigenvalue weighted by Crippen LogP contribution is 2.30. The lowest BCUT2D eigenvalue weighted by Gasteiger charge is -2.35. The fourth-order valence-electron chi connectivity index (χ4n) is 2.97. The van der Waals surface area contributed by atoms with Gasteiger partial charge < -0.3 is 15.2 Å². The first-order valence-electron chi connectivity index (χ1n) is 7.01. The lowest BCUT2D eigenvalue weighted by molar-refractivity contribution is 0.0644. The molecule has 0 bridgehead atoms. The molecule has 5 heteroatoms. The normalized spacial score (nSPS) is 17.7. The van der Waals surface area contributed by atoms with E-state index in [-0.39, 0.29) is 11.9 Å². The van der Waals surface area contributed by atoms with Crippen molar-refractivity contribution in [1.29, 1.82) is 0 Å². The van der Waals surface area contributed by atoms with Crippen LogP contribution in [0.5, 0.6) is 0 Å². The third-order valence-corrected chi connectivity index (χ3v) is 4.69. The Morgan fingerprint density at radius 1 is 1.29 bits per heavy atom. The van der Waals surface area contributed by atoms with Crippen molar-refractivity contribution in [3.05, 3.63) is 51.8 Å². The van der Waals surface area contributed by atoms with Crippen LogP contribution in [0.2, 0.25) is 0 Å². The minimum Gasteiger partial charge on any atom is -0.398 e. The van der Waals surface area contributed by atoms with Crippen molar-refractivity contribution in [3.63, 3.8) is 0 Å². The summed E-state index contributed by atoms with van der Waals surface area (Å²) in [6.45, 7) is 5.70. The van der Waals surface area contributed by atoms with Gasteiger partial charge in [-0.1, -0.05) is 15.9 Å². The van der Waals surface area contributed by atoms with Gasteiger partial charge in [-0.2, -0.15) is 0 Å². The predicted octanol–water partition coefficient (Wildman–Crippen LogP) is 3.36. The molecular formula is C16H18BrN3O. The molecular weight excluding hydrogens is 330 g/mol. The molecule has 1 aromatic carbocycles. The topological polar surface area (TPSA) is 51.3 Å². The van der Waals surface area contributed by atoms with E-state index in [1.807, 2.05) is 11.0 Å². The van der Waals surface area contributed by atoms with E-state index < -0.39 is 0 Å². The van der Waals surface area contributed by atoms with Crippen molar-refractivity contribution in [2.24, 2.45) is 0 Å². The molecule has 0 fully saturated rings. The van der Waals surface area contributed by atoms with Crippen LogP contribution >= 0.6 is 15.9 Å². The summed E-state index contributed by atoms with van der Waals surface area (Å²) in [4.78, 5) is 14.7. The standard InChI is InChI=1S/C16H18BrN3O/c1-10-3-6-15-11(2)20(8-7-19(10)15)16(21)13-9-12(17)4-5-14(13)18/h3-6,9,11H,7-8,18H2,1-2H3. The molecule has 1 aromatic heterocycles. The number of amides is 1. The largest absolute Gasteiger partial charge is 0.398 e. The maximum atomic E-state index is 12.8. The number of aromatic nitrogens is 1. The summed E-state index contributed by atoms with van der Waals surface area (Å²) in [5.74, 6) is -0.00796. The highest BCUT2D eigenvalue weighted by Gasteiger charge is 2.29. The van der Waals surface area contributed by atoms with E-state index in [1.54, 1.807) is 12.1 Å². The van der Waals surface area contributed by atoms with Gasteiger partial charge in [0, 0.05) is 34.6 Å². The Morgan fingerprint density at radius 3 is 2.81 bits per heavy atom. The number of nitrogen functional groups attached to an aromatic ring is 1. The molecule has 0 aliphatic carbocycles. The number of hydrogen-bond acceptors (Lipinski definition) is 2. The van der Waals surface area contributed by atoms with Gasteiger partial charge in [-0.3, -0.25) is 4.79 Å². The Labute approximate surface area is 132 Å². The molecule has 3 rings (SSSR count). The second-order valence-electron chi connectivity index (χ2n) is 5.46. The Bertz CT molecular complexity index is 708. The van der Waals surface area contributed by atoms with Crippen molar-refractivity contribution in [2.45, 2.75) is 26.4 Å². The van der Waals surface area contributed by atoms with Gasteiger partial charge in [0.25, 0.3) is 5.91 Å². The maximum Gasteiger partial charge on any atom is 0.256 e. The van der Waals surface area contributed by atoms with Crippen LogP contribution in [0.25, 0.3) is 0 Å². The van der Waals surface area contributed by atoms with Gasteiger partial charge in [0.1, 0.15) is 0 Å². The molecule has 2 heterocycles. The average Bonchev–Trinajstić information content (AvgIpc) is 2.84. The fourth-order valence-corrected chi connectivity index (χ4v) is 3.33. The summed E-state index contributed by atoms with van der Waals surface area (Å²) >= 11 is 3.40. The number of carbonyl (C=O) groups excluding carboxylic acids is 1. The minimum absolute atomic E-state index is 0.00796. The molecule has 4 nitrogen and oxygen atoms in total. The Morgan fingerprint density at radius 2 is 2.05 bits per heavy atom. The number of benzene rings is 1. The van der Waals surface area contributed by atoms with Gasteiger partial charge in [0.2, 0.25) is 0 Å². The lowest BCUT2D eigenvalue weighted by Crippen LogP contribution is -2.41. The van der Waals surface area contributed by atoms with Gasteiger partial charge in [-0.25, -0.2) is 0 Å². The zero-order valence-electron chi connectivity index (χ0n) is 12.1. The second-order valence-corrected chi connectivity index (χ2v) is 6.37. The number of fused-ring (bicyclic) bond motifs is 1.